The molecule has 0 aliphatic carbocycles. The summed E-state index contributed by atoms with van der Waals surface area (Å²) in [6, 6.07) is -0.0596. The molecule has 112 valence electrons. The van der Waals surface area contributed by atoms with E-state index in [0.717, 1.165) is 39.3 Å². The van der Waals surface area contributed by atoms with Gasteiger partial charge < -0.3 is 15.0 Å². The Bertz CT molecular complexity index is 265. The van der Waals surface area contributed by atoms with Crippen LogP contribution in [0.3, 0.4) is 0 Å². The van der Waals surface area contributed by atoms with Crippen molar-refractivity contribution in [2.45, 2.75) is 26.8 Å². The maximum atomic E-state index is 12.5. The molecule has 1 aliphatic heterocycles. The fourth-order valence-corrected chi connectivity index (χ4v) is 2.43. The second-order valence-corrected chi connectivity index (χ2v) is 5.63. The van der Waals surface area contributed by atoms with Gasteiger partial charge in [-0.1, -0.05) is 13.8 Å². The van der Waals surface area contributed by atoms with E-state index in [1.165, 1.54) is 0 Å². The zero-order valence-corrected chi connectivity index (χ0v) is 12.8. The Morgan fingerprint density at radius 3 is 2.47 bits per heavy atom. The Morgan fingerprint density at radius 2 is 1.95 bits per heavy atom. The van der Waals surface area contributed by atoms with E-state index >= 15 is 0 Å². The van der Waals surface area contributed by atoms with Crippen LogP contribution in [0.5, 0.6) is 0 Å². The first-order valence-electron chi connectivity index (χ1n) is 7.28. The van der Waals surface area contributed by atoms with Gasteiger partial charge in [0.15, 0.2) is 0 Å². The first-order valence-corrected chi connectivity index (χ1v) is 7.28. The minimum Gasteiger partial charge on any atom is -0.383 e. The molecule has 0 aromatic rings. The largest absolute Gasteiger partial charge is 0.383 e. The van der Waals surface area contributed by atoms with Crippen molar-refractivity contribution in [1.82, 2.24) is 15.1 Å². The molecule has 0 spiro atoms. The van der Waals surface area contributed by atoms with E-state index in [1.54, 1.807) is 7.11 Å². The number of nitrogens with one attached hydrogen (secondary N) is 1. The van der Waals surface area contributed by atoms with Crippen LogP contribution >= 0.6 is 0 Å². The molecular weight excluding hydrogens is 242 g/mol. The molecule has 1 N–H and O–H groups in total. The molecule has 0 aromatic heterocycles. The maximum absolute atomic E-state index is 12.5. The third-order valence-electron chi connectivity index (χ3n) is 3.52. The number of methoxy groups -OCH3 is 1. The zero-order chi connectivity index (χ0) is 14.3. The Morgan fingerprint density at radius 1 is 1.32 bits per heavy atom. The Hall–Kier alpha value is -0.650. The number of nitrogens with zero attached hydrogens (tertiary/aromatic N) is 2. The summed E-state index contributed by atoms with van der Waals surface area (Å²) in [5.41, 5.74) is 0. The maximum Gasteiger partial charge on any atom is 0.239 e. The SMILES string of the molecule is COCCN(CC(C)C)C(C)C(=O)N1CCNCC1. The van der Waals surface area contributed by atoms with Crippen molar-refractivity contribution in [2.75, 3.05) is 53.0 Å². The molecule has 0 aromatic carbocycles. The van der Waals surface area contributed by atoms with Crippen molar-refractivity contribution in [2.24, 2.45) is 5.92 Å². The highest BCUT2D eigenvalue weighted by molar-refractivity contribution is 5.81. The van der Waals surface area contributed by atoms with Crippen LogP contribution in [0.2, 0.25) is 0 Å². The van der Waals surface area contributed by atoms with Gasteiger partial charge in [-0.05, 0) is 12.8 Å². The highest BCUT2D eigenvalue weighted by Crippen LogP contribution is 2.08. The molecule has 1 unspecified atom stereocenters. The molecule has 1 fully saturated rings. The number of rotatable bonds is 7. The smallest absolute Gasteiger partial charge is 0.239 e. The number of amides is 1. The van der Waals surface area contributed by atoms with E-state index in [2.05, 4.69) is 24.1 Å². The number of carbonyl (C=O) groups excluding carboxylic acids is 1. The Kier molecular flexibility index (Phi) is 7.34. The summed E-state index contributed by atoms with van der Waals surface area (Å²) in [6.07, 6.45) is 0. The van der Waals surface area contributed by atoms with Gasteiger partial charge in [0.05, 0.1) is 12.6 Å². The van der Waals surface area contributed by atoms with E-state index in [4.69, 9.17) is 4.74 Å². The van der Waals surface area contributed by atoms with Crippen LogP contribution in [0.1, 0.15) is 20.8 Å². The molecule has 1 saturated heterocycles. The molecule has 0 radical (unpaired) electrons. The minimum absolute atomic E-state index is 0.0596. The first kappa shape index (κ1) is 16.4. The van der Waals surface area contributed by atoms with Crippen molar-refractivity contribution in [3.8, 4) is 0 Å². The average Bonchev–Trinajstić information content (AvgIpc) is 2.42. The predicted molar refractivity (Wildman–Crippen MR) is 77.2 cm³/mol. The van der Waals surface area contributed by atoms with E-state index in [-0.39, 0.29) is 11.9 Å². The number of carbonyl (C=O) groups is 1. The Labute approximate surface area is 117 Å². The third kappa shape index (κ3) is 5.47. The van der Waals surface area contributed by atoms with Gasteiger partial charge >= 0.3 is 0 Å². The molecule has 19 heavy (non-hydrogen) atoms. The topological polar surface area (TPSA) is 44.8 Å². The molecule has 1 amide bonds. The van der Waals surface area contributed by atoms with Crippen molar-refractivity contribution in [3.63, 3.8) is 0 Å². The molecule has 1 atom stereocenters. The van der Waals surface area contributed by atoms with Gasteiger partial charge in [-0.15, -0.1) is 0 Å². The fourth-order valence-electron chi connectivity index (χ4n) is 2.43. The summed E-state index contributed by atoms with van der Waals surface area (Å²) in [6.45, 7) is 12.3. The summed E-state index contributed by atoms with van der Waals surface area (Å²) in [7, 11) is 1.70. The molecule has 5 nitrogen and oxygen atoms in total. The van der Waals surface area contributed by atoms with Crippen molar-refractivity contribution in [3.05, 3.63) is 0 Å². The summed E-state index contributed by atoms with van der Waals surface area (Å²) in [5.74, 6) is 0.799. The third-order valence-corrected chi connectivity index (χ3v) is 3.52. The lowest BCUT2D eigenvalue weighted by Crippen LogP contribution is -2.54. The molecular formula is C14H29N3O2. The quantitative estimate of drug-likeness (QED) is 0.728. The second kappa shape index (κ2) is 8.51. The van der Waals surface area contributed by atoms with Crippen LogP contribution in [0, 0.1) is 5.92 Å². The highest BCUT2D eigenvalue weighted by atomic mass is 16.5. The normalized spacial score (nSPS) is 18.1. The highest BCUT2D eigenvalue weighted by Gasteiger charge is 2.26. The molecule has 0 bridgehead atoms. The number of piperazine rings is 1. The Balaban J connectivity index is 2.56. The van der Waals surface area contributed by atoms with Gasteiger partial charge in [0, 0.05) is 46.4 Å². The van der Waals surface area contributed by atoms with Crippen molar-refractivity contribution >= 4 is 5.91 Å². The lowest BCUT2D eigenvalue weighted by molar-refractivity contribution is -0.137. The molecule has 5 heteroatoms. The van der Waals surface area contributed by atoms with Gasteiger partial charge in [-0.3, -0.25) is 9.69 Å². The van der Waals surface area contributed by atoms with E-state index in [1.807, 2.05) is 11.8 Å². The second-order valence-electron chi connectivity index (χ2n) is 5.63. The van der Waals surface area contributed by atoms with Gasteiger partial charge in [-0.2, -0.15) is 0 Å². The molecule has 1 rings (SSSR count). The summed E-state index contributed by atoms with van der Waals surface area (Å²) >= 11 is 0. The van der Waals surface area contributed by atoms with Crippen LogP contribution < -0.4 is 5.32 Å². The van der Waals surface area contributed by atoms with Crippen LogP contribution in [0.15, 0.2) is 0 Å². The van der Waals surface area contributed by atoms with Gasteiger partial charge in [0.1, 0.15) is 0 Å². The zero-order valence-electron chi connectivity index (χ0n) is 12.8. The van der Waals surface area contributed by atoms with E-state index in [9.17, 15) is 4.79 Å². The van der Waals surface area contributed by atoms with Crippen molar-refractivity contribution in [1.29, 1.82) is 0 Å². The van der Waals surface area contributed by atoms with Crippen molar-refractivity contribution < 1.29 is 9.53 Å². The van der Waals surface area contributed by atoms with E-state index in [0.29, 0.717) is 12.5 Å². The summed E-state index contributed by atoms with van der Waals surface area (Å²) in [5, 5.41) is 3.28. The fraction of sp³-hybridized carbons (Fsp3) is 0.929. The van der Waals surface area contributed by atoms with Gasteiger partial charge in [-0.25, -0.2) is 0 Å². The number of hydrogen-bond acceptors (Lipinski definition) is 4. The molecule has 1 aliphatic rings. The molecule has 0 saturated carbocycles. The first-order chi connectivity index (χ1) is 9.06. The number of ether oxygens (including phenoxy) is 1. The summed E-state index contributed by atoms with van der Waals surface area (Å²) in [4.78, 5) is 16.7. The lowest BCUT2D eigenvalue weighted by atomic mass is 10.1. The average molecular weight is 271 g/mol. The van der Waals surface area contributed by atoms with Crippen LogP contribution in [0.4, 0.5) is 0 Å². The van der Waals surface area contributed by atoms with E-state index < -0.39 is 0 Å². The van der Waals surface area contributed by atoms with Gasteiger partial charge in [0.25, 0.3) is 0 Å². The van der Waals surface area contributed by atoms with Crippen LogP contribution in [0.25, 0.3) is 0 Å². The van der Waals surface area contributed by atoms with Gasteiger partial charge in [0.2, 0.25) is 5.91 Å². The standard InChI is InChI=1S/C14H29N3O2/c1-12(2)11-17(9-10-19-4)13(3)14(18)16-7-5-15-6-8-16/h12-13,15H,5-11H2,1-4H3. The predicted octanol–water partition coefficient (Wildman–Crippen LogP) is 0.411. The van der Waals surface area contributed by atoms with Crippen LogP contribution in [-0.2, 0) is 9.53 Å². The van der Waals surface area contributed by atoms with Crippen LogP contribution in [-0.4, -0.2) is 74.7 Å². The lowest BCUT2D eigenvalue weighted by Gasteiger charge is -2.35. The summed E-state index contributed by atoms with van der Waals surface area (Å²) < 4.78 is 5.15. The monoisotopic (exact) mass is 271 g/mol. The molecule has 1 heterocycles. The minimum atomic E-state index is -0.0596. The number of hydrogen-bond donors (Lipinski definition) is 1.